The number of nitrogens with zero attached hydrogens (tertiary/aromatic N) is 1. The summed E-state index contributed by atoms with van der Waals surface area (Å²) >= 11 is 3.36. The first-order chi connectivity index (χ1) is 19.2. The van der Waals surface area contributed by atoms with Gasteiger partial charge in [0.2, 0.25) is 5.91 Å². The van der Waals surface area contributed by atoms with E-state index in [0.717, 1.165) is 26.5 Å². The lowest BCUT2D eigenvalue weighted by atomic mass is 9.48. The molecule has 4 bridgehead atoms. The van der Waals surface area contributed by atoms with E-state index in [0.29, 0.717) is 29.1 Å². The molecular weight excluding hydrogens is 588 g/mol. The first kappa shape index (κ1) is 27.3. The number of sulfonamides is 1. The second-order valence-electron chi connectivity index (χ2n) is 11.7. The molecular formula is C32H35BrN2O4S. The Morgan fingerprint density at radius 1 is 0.900 bits per heavy atom. The number of amides is 1. The molecule has 8 heteroatoms. The number of nitrogens with one attached hydrogen (secondary N) is 1. The van der Waals surface area contributed by atoms with Crippen molar-refractivity contribution in [2.24, 2.45) is 17.8 Å². The van der Waals surface area contributed by atoms with Crippen molar-refractivity contribution in [1.82, 2.24) is 0 Å². The van der Waals surface area contributed by atoms with Crippen LogP contribution in [0.3, 0.4) is 0 Å². The Hall–Kier alpha value is -2.84. The van der Waals surface area contributed by atoms with Crippen LogP contribution in [0.5, 0.6) is 5.75 Å². The number of hydrogen-bond donors (Lipinski definition) is 1. The molecule has 4 fully saturated rings. The van der Waals surface area contributed by atoms with Crippen LogP contribution in [0.25, 0.3) is 0 Å². The maximum absolute atomic E-state index is 13.7. The summed E-state index contributed by atoms with van der Waals surface area (Å²) in [5.74, 6) is 2.83. The summed E-state index contributed by atoms with van der Waals surface area (Å²) in [6, 6.07) is 21.4. The van der Waals surface area contributed by atoms with Crippen LogP contribution in [0.15, 0.2) is 82.2 Å². The summed E-state index contributed by atoms with van der Waals surface area (Å²) in [6.45, 7) is 2.03. The molecule has 4 saturated carbocycles. The molecule has 0 unspecified atom stereocenters. The van der Waals surface area contributed by atoms with Gasteiger partial charge in [-0.2, -0.15) is 0 Å². The highest BCUT2D eigenvalue weighted by Crippen LogP contribution is 2.60. The minimum atomic E-state index is -4.01. The molecule has 6 nitrogen and oxygen atoms in total. The summed E-state index contributed by atoms with van der Waals surface area (Å²) in [4.78, 5) is 13.4. The number of rotatable bonds is 9. The van der Waals surface area contributed by atoms with Gasteiger partial charge in [-0.05, 0) is 135 Å². The van der Waals surface area contributed by atoms with Crippen molar-refractivity contribution in [2.45, 2.75) is 55.8 Å². The summed E-state index contributed by atoms with van der Waals surface area (Å²) in [5, 5.41) is 2.93. The van der Waals surface area contributed by atoms with Crippen LogP contribution >= 0.6 is 15.9 Å². The lowest BCUT2D eigenvalue weighted by molar-refractivity contribution is -0.114. The summed E-state index contributed by atoms with van der Waals surface area (Å²) in [7, 11) is -4.01. The van der Waals surface area contributed by atoms with Gasteiger partial charge in [0.25, 0.3) is 10.0 Å². The van der Waals surface area contributed by atoms with Crippen molar-refractivity contribution in [3.05, 3.63) is 82.8 Å². The first-order valence-electron chi connectivity index (χ1n) is 14.2. The minimum Gasteiger partial charge on any atom is -0.494 e. The van der Waals surface area contributed by atoms with Crippen LogP contribution in [0.4, 0.5) is 11.4 Å². The summed E-state index contributed by atoms with van der Waals surface area (Å²) in [5.41, 5.74) is 2.74. The van der Waals surface area contributed by atoms with Gasteiger partial charge in [-0.15, -0.1) is 0 Å². The number of hydrogen-bond acceptors (Lipinski definition) is 4. The predicted molar refractivity (Wildman–Crippen MR) is 161 cm³/mol. The second kappa shape index (κ2) is 10.9. The lowest BCUT2D eigenvalue weighted by Crippen LogP contribution is -2.48. The maximum Gasteiger partial charge on any atom is 0.264 e. The van der Waals surface area contributed by atoms with E-state index in [9.17, 15) is 13.2 Å². The molecule has 0 saturated heterocycles. The molecule has 3 aromatic carbocycles. The third kappa shape index (κ3) is 5.40. The zero-order chi connectivity index (χ0) is 27.9. The van der Waals surface area contributed by atoms with Crippen LogP contribution in [-0.2, 0) is 20.2 Å². The number of anilines is 2. The van der Waals surface area contributed by atoms with Crippen LogP contribution in [0.1, 0.15) is 51.0 Å². The highest BCUT2D eigenvalue weighted by Gasteiger charge is 2.51. The van der Waals surface area contributed by atoms with E-state index >= 15 is 0 Å². The topological polar surface area (TPSA) is 75.7 Å². The number of halogens is 1. The van der Waals surface area contributed by atoms with E-state index in [2.05, 4.69) is 33.4 Å². The molecule has 0 heterocycles. The Labute approximate surface area is 245 Å². The lowest BCUT2D eigenvalue weighted by Gasteiger charge is -2.57. The zero-order valence-corrected chi connectivity index (χ0v) is 25.1. The molecule has 3 aromatic rings. The fourth-order valence-corrected chi connectivity index (χ4v) is 9.31. The first-order valence-corrected chi connectivity index (χ1v) is 16.4. The van der Waals surface area contributed by atoms with Gasteiger partial charge in [0, 0.05) is 10.2 Å². The van der Waals surface area contributed by atoms with Crippen molar-refractivity contribution in [2.75, 3.05) is 22.8 Å². The summed E-state index contributed by atoms with van der Waals surface area (Å²) < 4.78 is 34.8. The largest absolute Gasteiger partial charge is 0.494 e. The number of ether oxygens (including phenoxy) is 1. The SMILES string of the molecule is CCOc1ccc(N(CC(=O)Nc2ccc(C34CC5CC(CC(C5)C3)C4)cc2)S(=O)(=O)c2ccc(Br)cc2)cc1. The van der Waals surface area contributed by atoms with E-state index in [1.807, 2.05) is 19.1 Å². The van der Waals surface area contributed by atoms with E-state index in [4.69, 9.17) is 4.74 Å². The molecule has 1 amide bonds. The van der Waals surface area contributed by atoms with Gasteiger partial charge in [0.1, 0.15) is 12.3 Å². The van der Waals surface area contributed by atoms with E-state index < -0.39 is 15.9 Å². The number of carbonyl (C=O) groups excluding carboxylic acids is 1. The van der Waals surface area contributed by atoms with Gasteiger partial charge in [0.15, 0.2) is 0 Å². The highest BCUT2D eigenvalue weighted by molar-refractivity contribution is 9.10. The maximum atomic E-state index is 13.7. The monoisotopic (exact) mass is 622 g/mol. The molecule has 0 aliphatic heterocycles. The average molecular weight is 624 g/mol. The van der Waals surface area contributed by atoms with E-state index in [-0.39, 0.29) is 11.4 Å². The molecule has 4 aliphatic rings. The van der Waals surface area contributed by atoms with Gasteiger partial charge in [-0.25, -0.2) is 8.42 Å². The van der Waals surface area contributed by atoms with Gasteiger partial charge in [-0.1, -0.05) is 28.1 Å². The third-order valence-corrected chi connectivity index (χ3v) is 11.3. The van der Waals surface area contributed by atoms with Crippen molar-refractivity contribution in [3.63, 3.8) is 0 Å². The molecule has 210 valence electrons. The Kier molecular flexibility index (Phi) is 7.42. The zero-order valence-electron chi connectivity index (χ0n) is 22.7. The van der Waals surface area contributed by atoms with Crippen LogP contribution < -0.4 is 14.4 Å². The van der Waals surface area contributed by atoms with Crippen molar-refractivity contribution in [3.8, 4) is 5.75 Å². The second-order valence-corrected chi connectivity index (χ2v) is 14.5. The molecule has 0 radical (unpaired) electrons. The molecule has 0 atom stereocenters. The van der Waals surface area contributed by atoms with Crippen LogP contribution in [0.2, 0.25) is 0 Å². The molecule has 0 aromatic heterocycles. The van der Waals surface area contributed by atoms with E-state index in [1.54, 1.807) is 36.4 Å². The standard InChI is InChI=1S/C32H35BrN2O4S/c1-2-39-29-11-9-28(10-12-29)35(40(37,38)30-13-5-26(33)6-14-30)21-31(36)34-27-7-3-25(4-8-27)32-18-22-15-23(19-32)17-24(16-22)20-32/h3-14,22-24H,2,15-21H2,1H3,(H,34,36). The van der Waals surface area contributed by atoms with Gasteiger partial charge in [0.05, 0.1) is 17.2 Å². The summed E-state index contributed by atoms with van der Waals surface area (Å²) in [6.07, 6.45) is 8.07. The fraction of sp³-hybridized carbons (Fsp3) is 0.406. The average Bonchev–Trinajstić information content (AvgIpc) is 2.92. The highest BCUT2D eigenvalue weighted by atomic mass is 79.9. The van der Waals surface area contributed by atoms with Gasteiger partial charge < -0.3 is 10.1 Å². The van der Waals surface area contributed by atoms with Crippen LogP contribution in [-0.4, -0.2) is 27.5 Å². The van der Waals surface area contributed by atoms with Gasteiger partial charge in [-0.3, -0.25) is 9.10 Å². The predicted octanol–water partition coefficient (Wildman–Crippen LogP) is 7.15. The van der Waals surface area contributed by atoms with Crippen molar-refractivity contribution >= 4 is 43.2 Å². The molecule has 0 spiro atoms. The molecule has 1 N–H and O–H groups in total. The Morgan fingerprint density at radius 3 is 2.02 bits per heavy atom. The Morgan fingerprint density at radius 2 is 1.48 bits per heavy atom. The normalized spacial score (nSPS) is 25.0. The smallest absolute Gasteiger partial charge is 0.264 e. The number of benzene rings is 3. The third-order valence-electron chi connectivity index (χ3n) is 8.94. The number of carbonyl (C=O) groups is 1. The minimum absolute atomic E-state index is 0.109. The van der Waals surface area contributed by atoms with Crippen molar-refractivity contribution < 1.29 is 17.9 Å². The van der Waals surface area contributed by atoms with Crippen LogP contribution in [0, 0.1) is 17.8 Å². The quantitative estimate of drug-likeness (QED) is 0.275. The fourth-order valence-electron chi connectivity index (χ4n) is 7.63. The Bertz CT molecular complexity index is 1440. The molecule has 4 aliphatic carbocycles. The Balaban J connectivity index is 1.21. The molecule has 7 rings (SSSR count). The van der Waals surface area contributed by atoms with E-state index in [1.165, 1.54) is 56.2 Å². The van der Waals surface area contributed by atoms with Gasteiger partial charge >= 0.3 is 0 Å². The van der Waals surface area contributed by atoms with Crippen molar-refractivity contribution in [1.29, 1.82) is 0 Å². The molecule has 40 heavy (non-hydrogen) atoms.